The number of carbonyl (C=O) groups is 1. The van der Waals surface area contributed by atoms with Gasteiger partial charge in [0.2, 0.25) is 0 Å². The van der Waals surface area contributed by atoms with Gasteiger partial charge in [0.1, 0.15) is 0 Å². The summed E-state index contributed by atoms with van der Waals surface area (Å²) in [6, 6.07) is 3.65. The molecule has 128 valence electrons. The molecule has 0 atom stereocenters. The highest BCUT2D eigenvalue weighted by Crippen LogP contribution is 2.37. The summed E-state index contributed by atoms with van der Waals surface area (Å²) < 4.78 is 12.4. The molecule has 0 saturated carbocycles. The first-order valence-corrected chi connectivity index (χ1v) is 9.20. The Hall–Kier alpha value is -1.23. The highest BCUT2D eigenvalue weighted by atomic mass is 79.9. The van der Waals surface area contributed by atoms with Crippen LogP contribution in [0.1, 0.15) is 50.4 Å². The molecule has 1 aromatic carbocycles. The lowest BCUT2D eigenvalue weighted by molar-refractivity contribution is 0.0792. The number of hydrogen-bond acceptors (Lipinski definition) is 3. The first-order chi connectivity index (χ1) is 11.0. The number of hydrogen-bond donors (Lipinski definition) is 0. The van der Waals surface area contributed by atoms with Crippen molar-refractivity contribution in [3.05, 3.63) is 22.2 Å². The number of nitrogens with zero attached hydrogens (tertiary/aromatic N) is 1. The quantitative estimate of drug-likeness (QED) is 0.695. The van der Waals surface area contributed by atoms with Crippen molar-refractivity contribution in [2.75, 3.05) is 26.3 Å². The summed E-state index contributed by atoms with van der Waals surface area (Å²) in [5, 5.41) is 0. The van der Waals surface area contributed by atoms with E-state index in [1.165, 1.54) is 0 Å². The third kappa shape index (κ3) is 4.87. The monoisotopic (exact) mass is 383 g/mol. The van der Waals surface area contributed by atoms with Gasteiger partial charge in [-0.3, -0.25) is 4.79 Å². The van der Waals surface area contributed by atoms with Crippen LogP contribution in [-0.4, -0.2) is 37.1 Å². The Morgan fingerprint density at radius 3 is 2.57 bits per heavy atom. The second-order valence-electron chi connectivity index (χ2n) is 6.25. The zero-order chi connectivity index (χ0) is 16.8. The predicted octanol–water partition coefficient (Wildman–Crippen LogP) is 4.51. The molecule has 23 heavy (non-hydrogen) atoms. The summed E-state index contributed by atoms with van der Waals surface area (Å²) >= 11 is 3.54. The van der Waals surface area contributed by atoms with E-state index in [4.69, 9.17) is 9.47 Å². The Bertz CT molecular complexity index is 539. The fourth-order valence-electron chi connectivity index (χ4n) is 2.59. The molecule has 5 heteroatoms. The zero-order valence-corrected chi connectivity index (χ0v) is 15.8. The van der Waals surface area contributed by atoms with Gasteiger partial charge < -0.3 is 14.4 Å². The van der Waals surface area contributed by atoms with Crippen molar-refractivity contribution < 1.29 is 14.3 Å². The van der Waals surface area contributed by atoms with Crippen LogP contribution in [0.15, 0.2) is 16.6 Å². The van der Waals surface area contributed by atoms with E-state index in [1.54, 1.807) is 6.07 Å². The molecule has 1 fully saturated rings. The molecule has 1 aromatic rings. The van der Waals surface area contributed by atoms with E-state index >= 15 is 0 Å². The number of benzene rings is 1. The van der Waals surface area contributed by atoms with Gasteiger partial charge in [-0.05, 0) is 60.2 Å². The van der Waals surface area contributed by atoms with Crippen molar-refractivity contribution >= 4 is 21.8 Å². The minimum absolute atomic E-state index is 0.0675. The van der Waals surface area contributed by atoms with Crippen LogP contribution < -0.4 is 9.47 Å². The molecule has 1 aliphatic rings. The lowest BCUT2D eigenvalue weighted by atomic mass is 10.1. The molecular weight excluding hydrogens is 358 g/mol. The topological polar surface area (TPSA) is 38.8 Å². The van der Waals surface area contributed by atoms with Crippen molar-refractivity contribution in [2.24, 2.45) is 5.92 Å². The van der Waals surface area contributed by atoms with Crippen molar-refractivity contribution in [3.63, 3.8) is 0 Å². The molecule has 1 aliphatic heterocycles. The average molecular weight is 384 g/mol. The van der Waals surface area contributed by atoms with E-state index in [1.807, 2.05) is 17.9 Å². The summed E-state index contributed by atoms with van der Waals surface area (Å²) in [6.45, 7) is 9.12. The second kappa shape index (κ2) is 8.57. The lowest BCUT2D eigenvalue weighted by Crippen LogP contribution is -2.27. The molecular formula is C18H26BrNO3. The zero-order valence-electron chi connectivity index (χ0n) is 14.2. The Morgan fingerprint density at radius 2 is 1.96 bits per heavy atom. The molecule has 0 radical (unpaired) electrons. The first-order valence-electron chi connectivity index (χ1n) is 8.41. The molecule has 0 aromatic heterocycles. The molecule has 2 rings (SSSR count). The molecule has 0 unspecified atom stereocenters. The predicted molar refractivity (Wildman–Crippen MR) is 95.4 cm³/mol. The smallest absolute Gasteiger partial charge is 0.254 e. The van der Waals surface area contributed by atoms with Gasteiger partial charge in [-0.25, -0.2) is 0 Å². The molecule has 4 nitrogen and oxygen atoms in total. The molecule has 0 bridgehead atoms. The standard InChI is InChI=1S/C18H26BrNO3/c1-4-22-16-12-14(18(21)20-8-5-6-9-20)11-15(19)17(16)23-10-7-13(2)3/h11-13H,4-10H2,1-3H3. The molecule has 0 N–H and O–H groups in total. The van der Waals surface area contributed by atoms with E-state index in [0.717, 1.165) is 36.8 Å². The minimum atomic E-state index is 0.0675. The van der Waals surface area contributed by atoms with E-state index in [0.29, 0.717) is 36.2 Å². The van der Waals surface area contributed by atoms with E-state index < -0.39 is 0 Å². The van der Waals surface area contributed by atoms with Gasteiger partial charge in [-0.15, -0.1) is 0 Å². The largest absolute Gasteiger partial charge is 0.490 e. The van der Waals surface area contributed by atoms with Crippen LogP contribution in [-0.2, 0) is 0 Å². The van der Waals surface area contributed by atoms with Crippen molar-refractivity contribution in [1.29, 1.82) is 0 Å². The van der Waals surface area contributed by atoms with Crippen LogP contribution in [0.3, 0.4) is 0 Å². The number of ether oxygens (including phenoxy) is 2. The number of amides is 1. The highest BCUT2D eigenvalue weighted by Gasteiger charge is 2.22. The fourth-order valence-corrected chi connectivity index (χ4v) is 3.15. The average Bonchev–Trinajstić information content (AvgIpc) is 3.03. The van der Waals surface area contributed by atoms with Gasteiger partial charge in [0, 0.05) is 18.7 Å². The number of likely N-dealkylation sites (tertiary alicyclic amines) is 1. The van der Waals surface area contributed by atoms with Crippen LogP contribution in [0.25, 0.3) is 0 Å². The summed E-state index contributed by atoms with van der Waals surface area (Å²) in [5.74, 6) is 1.97. The molecule has 0 aliphatic carbocycles. The van der Waals surface area contributed by atoms with Crippen molar-refractivity contribution in [2.45, 2.75) is 40.0 Å². The summed E-state index contributed by atoms with van der Waals surface area (Å²) in [5.41, 5.74) is 0.651. The summed E-state index contributed by atoms with van der Waals surface area (Å²) in [4.78, 5) is 14.5. The van der Waals surface area contributed by atoms with E-state index in [2.05, 4.69) is 29.8 Å². The maximum Gasteiger partial charge on any atom is 0.254 e. The van der Waals surface area contributed by atoms with E-state index in [9.17, 15) is 4.79 Å². The maximum atomic E-state index is 12.6. The molecule has 1 heterocycles. The Kier molecular flexibility index (Phi) is 6.75. The second-order valence-corrected chi connectivity index (χ2v) is 7.10. The molecule has 0 spiro atoms. The third-order valence-electron chi connectivity index (χ3n) is 3.89. The Labute approximate surface area is 147 Å². The van der Waals surface area contributed by atoms with Gasteiger partial charge >= 0.3 is 0 Å². The molecule has 1 amide bonds. The number of halogens is 1. The Morgan fingerprint density at radius 1 is 1.26 bits per heavy atom. The fraction of sp³-hybridized carbons (Fsp3) is 0.611. The van der Waals surface area contributed by atoms with Crippen LogP contribution in [0.2, 0.25) is 0 Å². The van der Waals surface area contributed by atoms with Gasteiger partial charge in [0.15, 0.2) is 11.5 Å². The maximum absolute atomic E-state index is 12.6. The van der Waals surface area contributed by atoms with Crippen LogP contribution >= 0.6 is 15.9 Å². The van der Waals surface area contributed by atoms with Crippen LogP contribution in [0.4, 0.5) is 0 Å². The van der Waals surface area contributed by atoms with Gasteiger partial charge in [0.25, 0.3) is 5.91 Å². The molecule has 1 saturated heterocycles. The summed E-state index contributed by atoms with van der Waals surface area (Å²) in [7, 11) is 0. The SMILES string of the molecule is CCOc1cc(C(=O)N2CCCC2)cc(Br)c1OCCC(C)C. The number of carbonyl (C=O) groups excluding carboxylic acids is 1. The van der Waals surface area contributed by atoms with E-state index in [-0.39, 0.29) is 5.91 Å². The normalized spacial score (nSPS) is 14.4. The van der Waals surface area contributed by atoms with Gasteiger partial charge in [-0.1, -0.05) is 13.8 Å². The number of rotatable bonds is 7. The summed E-state index contributed by atoms with van der Waals surface area (Å²) in [6.07, 6.45) is 3.15. The van der Waals surface area contributed by atoms with Crippen molar-refractivity contribution in [1.82, 2.24) is 4.90 Å². The highest BCUT2D eigenvalue weighted by molar-refractivity contribution is 9.10. The van der Waals surface area contributed by atoms with Gasteiger partial charge in [-0.2, -0.15) is 0 Å². The minimum Gasteiger partial charge on any atom is -0.490 e. The van der Waals surface area contributed by atoms with Crippen LogP contribution in [0, 0.1) is 5.92 Å². The van der Waals surface area contributed by atoms with Gasteiger partial charge in [0.05, 0.1) is 17.7 Å². The third-order valence-corrected chi connectivity index (χ3v) is 4.48. The first kappa shape index (κ1) is 18.1. The van der Waals surface area contributed by atoms with Crippen LogP contribution in [0.5, 0.6) is 11.5 Å². The lowest BCUT2D eigenvalue weighted by Gasteiger charge is -2.19. The van der Waals surface area contributed by atoms with Crippen molar-refractivity contribution in [3.8, 4) is 11.5 Å². The Balaban J connectivity index is 2.20.